The van der Waals surface area contributed by atoms with Gasteiger partial charge in [-0.25, -0.2) is 13.4 Å². The van der Waals surface area contributed by atoms with Gasteiger partial charge in [0.2, 0.25) is 0 Å². The van der Waals surface area contributed by atoms with Crippen molar-refractivity contribution in [2.75, 3.05) is 6.26 Å². The largest absolute Gasteiger partial charge is 0.408 e. The Kier molecular flexibility index (Phi) is 5.05. The first kappa shape index (κ1) is 21.3. The number of H-pyrrole nitrogens is 1. The molecule has 162 valence electrons. The van der Waals surface area contributed by atoms with Gasteiger partial charge < -0.3 is 0 Å². The van der Waals surface area contributed by atoms with Crippen molar-refractivity contribution in [1.29, 1.82) is 0 Å². The van der Waals surface area contributed by atoms with E-state index in [4.69, 9.17) is 11.6 Å². The summed E-state index contributed by atoms with van der Waals surface area (Å²) in [7, 11) is -3.45. The summed E-state index contributed by atoms with van der Waals surface area (Å²) in [6.07, 6.45) is -2.00. The van der Waals surface area contributed by atoms with Crippen molar-refractivity contribution in [3.05, 3.63) is 47.2 Å². The summed E-state index contributed by atoms with van der Waals surface area (Å²) in [6.45, 7) is 0.332. The molecule has 1 N–H and O–H groups in total. The number of nitrogens with zero attached hydrogens (tertiary/aromatic N) is 4. The zero-order valence-electron chi connectivity index (χ0n) is 16.2. The summed E-state index contributed by atoms with van der Waals surface area (Å²) >= 11 is 6.21. The number of nitrogens with one attached hydrogen (secondary N) is 1. The quantitative estimate of drug-likeness (QED) is 0.447. The molecule has 12 heteroatoms. The van der Waals surface area contributed by atoms with Crippen LogP contribution < -0.4 is 0 Å². The fraction of sp³-hybridized carbons (Fsp3) is 0.211. The number of aryl methyl sites for hydroxylation is 1. The molecule has 0 saturated carbocycles. The lowest BCUT2D eigenvalue weighted by Gasteiger charge is -2.13. The number of aromatic nitrogens is 5. The molecule has 3 heterocycles. The first-order valence-electron chi connectivity index (χ1n) is 8.89. The van der Waals surface area contributed by atoms with Crippen LogP contribution in [0, 0.1) is 6.92 Å². The molecule has 0 amide bonds. The second-order valence-corrected chi connectivity index (χ2v) is 9.43. The van der Waals surface area contributed by atoms with Gasteiger partial charge in [-0.1, -0.05) is 17.7 Å². The van der Waals surface area contributed by atoms with Gasteiger partial charge in [-0.05, 0) is 42.3 Å². The summed E-state index contributed by atoms with van der Waals surface area (Å²) in [5.74, 6) is 0. The minimum absolute atomic E-state index is 0.0569. The first-order valence-corrected chi connectivity index (χ1v) is 11.2. The van der Waals surface area contributed by atoms with Crippen molar-refractivity contribution < 1.29 is 21.6 Å². The smallest absolute Gasteiger partial charge is 0.276 e. The summed E-state index contributed by atoms with van der Waals surface area (Å²) in [6, 6.07) is 7.41. The molecule has 0 bridgehead atoms. The number of sulfone groups is 1. The van der Waals surface area contributed by atoms with E-state index in [1.54, 1.807) is 13.0 Å². The molecule has 3 aromatic heterocycles. The Balaban J connectivity index is 2.04. The van der Waals surface area contributed by atoms with Gasteiger partial charge in [-0.3, -0.25) is 9.78 Å². The maximum atomic E-state index is 13.3. The first-order chi connectivity index (χ1) is 14.4. The topological polar surface area (TPSA) is 93.5 Å². The number of aromatic amines is 1. The fourth-order valence-corrected chi connectivity index (χ4v) is 4.28. The fourth-order valence-electron chi connectivity index (χ4n) is 3.38. The highest BCUT2D eigenvalue weighted by Crippen LogP contribution is 2.37. The SMILES string of the molecule is Cc1cc(S(C)(=O)=O)ccc1-c1cc(Cl)nc2c(-c3ccn[nH]3)nn(CC(F)(F)F)c12. The van der Waals surface area contributed by atoms with Crippen molar-refractivity contribution >= 4 is 32.5 Å². The maximum Gasteiger partial charge on any atom is 0.408 e. The molecule has 4 rings (SSSR count). The summed E-state index contributed by atoms with van der Waals surface area (Å²) in [5.41, 5.74) is 2.27. The third-order valence-corrected chi connectivity index (χ3v) is 5.97. The van der Waals surface area contributed by atoms with E-state index in [0.29, 0.717) is 22.4 Å². The molecular weight excluding hydrogens is 455 g/mol. The number of pyridine rings is 1. The zero-order chi connectivity index (χ0) is 22.6. The summed E-state index contributed by atoms with van der Waals surface area (Å²) in [4.78, 5) is 4.33. The Hall–Kier alpha value is -2.92. The minimum atomic E-state index is -4.53. The van der Waals surface area contributed by atoms with Crippen molar-refractivity contribution in [3.8, 4) is 22.5 Å². The van der Waals surface area contributed by atoms with Crippen LogP contribution in [0.3, 0.4) is 0 Å². The van der Waals surface area contributed by atoms with E-state index in [1.807, 2.05) is 0 Å². The van der Waals surface area contributed by atoms with E-state index in [-0.39, 0.29) is 26.8 Å². The second kappa shape index (κ2) is 7.34. The maximum absolute atomic E-state index is 13.3. The number of hydrogen-bond donors (Lipinski definition) is 1. The average molecular weight is 470 g/mol. The standard InChI is InChI=1S/C19H15ClF3N5O2S/c1-10-7-11(31(2,29)30)3-4-12(10)13-8-15(20)25-17-16(14-5-6-24-26-14)27-28(18(13)17)9-19(21,22)23/h3-8H,9H2,1-2H3,(H,24,26). The van der Waals surface area contributed by atoms with Gasteiger partial charge in [0, 0.05) is 18.0 Å². The molecule has 1 aromatic carbocycles. The Bertz CT molecular complexity index is 1400. The molecule has 0 fully saturated rings. The lowest BCUT2D eigenvalue weighted by atomic mass is 10.00. The van der Waals surface area contributed by atoms with Crippen molar-refractivity contribution in [1.82, 2.24) is 25.0 Å². The molecule has 0 unspecified atom stereocenters. The van der Waals surface area contributed by atoms with Crippen molar-refractivity contribution in [2.24, 2.45) is 0 Å². The molecule has 7 nitrogen and oxygen atoms in total. The second-order valence-electron chi connectivity index (χ2n) is 7.03. The van der Waals surface area contributed by atoms with Crippen LogP contribution in [0.4, 0.5) is 13.2 Å². The molecular formula is C19H15ClF3N5O2S. The van der Waals surface area contributed by atoms with Crippen LogP contribution in [0.1, 0.15) is 5.56 Å². The van der Waals surface area contributed by atoms with Crippen LogP contribution in [-0.4, -0.2) is 45.8 Å². The highest BCUT2D eigenvalue weighted by molar-refractivity contribution is 7.90. The highest BCUT2D eigenvalue weighted by Gasteiger charge is 2.31. The van der Waals surface area contributed by atoms with Crippen LogP contribution in [0.15, 0.2) is 41.4 Å². The molecule has 31 heavy (non-hydrogen) atoms. The zero-order valence-corrected chi connectivity index (χ0v) is 17.8. The third-order valence-electron chi connectivity index (χ3n) is 4.67. The third kappa shape index (κ3) is 4.15. The molecule has 0 spiro atoms. The lowest BCUT2D eigenvalue weighted by molar-refractivity contribution is -0.141. The molecule has 0 aliphatic rings. The number of hydrogen-bond acceptors (Lipinski definition) is 5. The lowest BCUT2D eigenvalue weighted by Crippen LogP contribution is -2.18. The van der Waals surface area contributed by atoms with Gasteiger partial charge in [0.1, 0.15) is 22.9 Å². The highest BCUT2D eigenvalue weighted by atomic mass is 35.5. The Labute approximate surface area is 179 Å². The van der Waals surface area contributed by atoms with Gasteiger partial charge in [0.15, 0.2) is 9.84 Å². The normalized spacial score (nSPS) is 12.6. The van der Waals surface area contributed by atoms with E-state index in [0.717, 1.165) is 10.9 Å². The predicted molar refractivity (Wildman–Crippen MR) is 109 cm³/mol. The van der Waals surface area contributed by atoms with E-state index in [1.165, 1.54) is 30.5 Å². The van der Waals surface area contributed by atoms with Crippen LogP contribution in [0.2, 0.25) is 5.15 Å². The Morgan fingerprint density at radius 1 is 1.16 bits per heavy atom. The molecule has 0 atom stereocenters. The van der Waals surface area contributed by atoms with E-state index < -0.39 is 22.6 Å². The monoisotopic (exact) mass is 469 g/mol. The summed E-state index contributed by atoms with van der Waals surface area (Å²) < 4.78 is 64.5. The molecule has 0 saturated heterocycles. The van der Waals surface area contributed by atoms with Crippen LogP contribution in [0.25, 0.3) is 33.5 Å². The molecule has 4 aromatic rings. The molecule has 0 aliphatic heterocycles. The predicted octanol–water partition coefficient (Wildman–Crippen LogP) is 4.42. The number of alkyl halides is 3. The summed E-state index contributed by atoms with van der Waals surface area (Å²) in [5, 5.41) is 10.7. The van der Waals surface area contributed by atoms with Gasteiger partial charge in [0.25, 0.3) is 0 Å². The van der Waals surface area contributed by atoms with Crippen molar-refractivity contribution in [2.45, 2.75) is 24.5 Å². The van der Waals surface area contributed by atoms with Gasteiger partial charge in [-0.2, -0.15) is 23.4 Å². The van der Waals surface area contributed by atoms with Crippen LogP contribution in [0.5, 0.6) is 0 Å². The van der Waals surface area contributed by atoms with Crippen LogP contribution >= 0.6 is 11.6 Å². The molecule has 0 radical (unpaired) electrons. The van der Waals surface area contributed by atoms with E-state index in [2.05, 4.69) is 20.3 Å². The Morgan fingerprint density at radius 2 is 1.90 bits per heavy atom. The van der Waals surface area contributed by atoms with E-state index >= 15 is 0 Å². The van der Waals surface area contributed by atoms with E-state index in [9.17, 15) is 21.6 Å². The van der Waals surface area contributed by atoms with Gasteiger partial charge in [0.05, 0.1) is 16.1 Å². The van der Waals surface area contributed by atoms with Gasteiger partial charge in [-0.15, -0.1) is 0 Å². The number of rotatable bonds is 4. The minimum Gasteiger partial charge on any atom is -0.276 e. The van der Waals surface area contributed by atoms with Crippen molar-refractivity contribution in [3.63, 3.8) is 0 Å². The number of fused-ring (bicyclic) bond motifs is 1. The number of halogens is 4. The molecule has 0 aliphatic carbocycles. The van der Waals surface area contributed by atoms with Gasteiger partial charge >= 0.3 is 6.18 Å². The number of benzene rings is 1. The average Bonchev–Trinajstić information content (AvgIpc) is 3.27. The Morgan fingerprint density at radius 3 is 2.48 bits per heavy atom. The van der Waals surface area contributed by atoms with Crippen LogP contribution in [-0.2, 0) is 16.4 Å².